The summed E-state index contributed by atoms with van der Waals surface area (Å²) in [5.41, 5.74) is 0.260. The van der Waals surface area contributed by atoms with Gasteiger partial charge in [0.05, 0.1) is 11.9 Å². The molecule has 22 heavy (non-hydrogen) atoms. The summed E-state index contributed by atoms with van der Waals surface area (Å²) in [4.78, 5) is 12.3. The Kier molecular flexibility index (Phi) is 6.34. The van der Waals surface area contributed by atoms with Crippen molar-refractivity contribution in [3.8, 4) is 0 Å². The maximum atomic E-state index is 13.0. The molecule has 0 aliphatic carbocycles. The second-order valence-electron chi connectivity index (χ2n) is 5.23. The number of halogens is 1. The van der Waals surface area contributed by atoms with E-state index in [1.807, 2.05) is 13.8 Å². The van der Waals surface area contributed by atoms with Crippen molar-refractivity contribution in [2.24, 2.45) is 0 Å². The van der Waals surface area contributed by atoms with Crippen LogP contribution in [0.5, 0.6) is 0 Å². The molecule has 0 radical (unpaired) electrons. The molecule has 0 fully saturated rings. The van der Waals surface area contributed by atoms with Gasteiger partial charge in [0, 0.05) is 6.04 Å². The summed E-state index contributed by atoms with van der Waals surface area (Å²) in [6.07, 6.45) is 2.56. The topological polar surface area (TPSA) is 66.5 Å². The first-order valence-electron chi connectivity index (χ1n) is 7.26. The van der Waals surface area contributed by atoms with Gasteiger partial charge in [-0.2, -0.15) is 0 Å². The summed E-state index contributed by atoms with van der Waals surface area (Å²) in [6.45, 7) is 5.42. The first kappa shape index (κ1) is 18.4. The summed E-state index contributed by atoms with van der Waals surface area (Å²) in [5, 5.41) is 2.83. The Morgan fingerprint density at radius 3 is 2.14 bits per heavy atom. The molecule has 1 atom stereocenters. The Morgan fingerprint density at radius 1 is 1.23 bits per heavy atom. The van der Waals surface area contributed by atoms with Crippen molar-refractivity contribution in [1.29, 1.82) is 0 Å². The Morgan fingerprint density at radius 2 is 1.73 bits per heavy atom. The molecule has 0 aliphatic heterocycles. The number of nitrogens with zero attached hydrogens (tertiary/aromatic N) is 1. The van der Waals surface area contributed by atoms with Crippen molar-refractivity contribution in [1.82, 2.24) is 5.32 Å². The Hall–Kier alpha value is -1.63. The predicted molar refractivity (Wildman–Crippen MR) is 85.7 cm³/mol. The first-order valence-corrected chi connectivity index (χ1v) is 9.10. The number of anilines is 1. The zero-order chi connectivity index (χ0) is 16.9. The lowest BCUT2D eigenvalue weighted by Gasteiger charge is -2.29. The van der Waals surface area contributed by atoms with Gasteiger partial charge in [-0.3, -0.25) is 9.10 Å². The van der Waals surface area contributed by atoms with Gasteiger partial charge in [0.15, 0.2) is 0 Å². The van der Waals surface area contributed by atoms with Crippen LogP contribution >= 0.6 is 0 Å². The standard InChI is InChI=1S/C15H23FN2O3S/c1-5-13(6-2)17-15(19)11(3)18(22(4,20)21)14-9-7-12(16)8-10-14/h7-11,13H,5-6H2,1-4H3,(H,17,19). The number of carbonyl (C=O) groups is 1. The number of rotatable bonds is 7. The van der Waals surface area contributed by atoms with E-state index in [0.717, 1.165) is 23.4 Å². The highest BCUT2D eigenvalue weighted by Gasteiger charge is 2.29. The normalized spacial score (nSPS) is 13.0. The Balaban J connectivity index is 3.07. The number of amides is 1. The van der Waals surface area contributed by atoms with E-state index < -0.39 is 21.9 Å². The average molecular weight is 330 g/mol. The Bertz CT molecular complexity index is 598. The molecule has 124 valence electrons. The van der Waals surface area contributed by atoms with Crippen LogP contribution in [0.2, 0.25) is 0 Å². The fourth-order valence-corrected chi connectivity index (χ4v) is 3.39. The number of nitrogens with one attached hydrogen (secondary N) is 1. The van der Waals surface area contributed by atoms with Crippen LogP contribution in [0, 0.1) is 5.82 Å². The lowest BCUT2D eigenvalue weighted by atomic mass is 10.1. The molecular weight excluding hydrogens is 307 g/mol. The first-order chi connectivity index (χ1) is 10.2. The van der Waals surface area contributed by atoms with Crippen molar-refractivity contribution in [2.45, 2.75) is 45.7 Å². The van der Waals surface area contributed by atoms with E-state index in [9.17, 15) is 17.6 Å². The van der Waals surface area contributed by atoms with Gasteiger partial charge in [-0.1, -0.05) is 13.8 Å². The largest absolute Gasteiger partial charge is 0.352 e. The molecule has 1 aromatic rings. The molecule has 1 aromatic carbocycles. The highest BCUT2D eigenvalue weighted by atomic mass is 32.2. The van der Waals surface area contributed by atoms with Crippen molar-refractivity contribution >= 4 is 21.6 Å². The molecule has 1 rings (SSSR count). The maximum absolute atomic E-state index is 13.0. The molecule has 0 spiro atoms. The van der Waals surface area contributed by atoms with E-state index in [2.05, 4.69) is 5.32 Å². The third-order valence-electron chi connectivity index (χ3n) is 3.50. The molecule has 1 N–H and O–H groups in total. The molecule has 1 amide bonds. The highest BCUT2D eigenvalue weighted by Crippen LogP contribution is 2.21. The number of sulfonamides is 1. The van der Waals surface area contributed by atoms with E-state index in [0.29, 0.717) is 0 Å². The fourth-order valence-electron chi connectivity index (χ4n) is 2.21. The molecular formula is C15H23FN2O3S. The van der Waals surface area contributed by atoms with Gasteiger partial charge in [0.2, 0.25) is 15.9 Å². The van der Waals surface area contributed by atoms with Crippen LogP contribution in [0.25, 0.3) is 0 Å². The number of benzene rings is 1. The zero-order valence-corrected chi connectivity index (χ0v) is 14.2. The molecule has 0 aliphatic rings. The fraction of sp³-hybridized carbons (Fsp3) is 0.533. The van der Waals surface area contributed by atoms with E-state index in [1.165, 1.54) is 31.2 Å². The quantitative estimate of drug-likeness (QED) is 0.834. The van der Waals surface area contributed by atoms with Crippen molar-refractivity contribution < 1.29 is 17.6 Å². The summed E-state index contributed by atoms with van der Waals surface area (Å²) in [6, 6.07) is 4.11. The summed E-state index contributed by atoms with van der Waals surface area (Å²) in [5.74, 6) is -0.838. The molecule has 0 aromatic heterocycles. The van der Waals surface area contributed by atoms with Crippen LogP contribution in [0.3, 0.4) is 0 Å². The zero-order valence-electron chi connectivity index (χ0n) is 13.3. The monoisotopic (exact) mass is 330 g/mol. The van der Waals surface area contributed by atoms with Crippen LogP contribution in [0.15, 0.2) is 24.3 Å². The van der Waals surface area contributed by atoms with E-state index >= 15 is 0 Å². The second kappa shape index (κ2) is 7.58. The minimum atomic E-state index is -3.67. The smallest absolute Gasteiger partial charge is 0.243 e. The van der Waals surface area contributed by atoms with Crippen LogP contribution in [0.1, 0.15) is 33.6 Å². The van der Waals surface area contributed by atoms with Crippen molar-refractivity contribution in [2.75, 3.05) is 10.6 Å². The third-order valence-corrected chi connectivity index (χ3v) is 4.74. The number of hydrogen-bond acceptors (Lipinski definition) is 3. The van der Waals surface area contributed by atoms with Gasteiger partial charge in [-0.25, -0.2) is 12.8 Å². The number of carbonyl (C=O) groups excluding carboxylic acids is 1. The molecule has 7 heteroatoms. The van der Waals surface area contributed by atoms with E-state index in [4.69, 9.17) is 0 Å². The predicted octanol–water partition coefficient (Wildman–Crippen LogP) is 2.29. The van der Waals surface area contributed by atoms with Crippen molar-refractivity contribution in [3.63, 3.8) is 0 Å². The second-order valence-corrected chi connectivity index (χ2v) is 7.09. The minimum absolute atomic E-state index is 0.00424. The maximum Gasteiger partial charge on any atom is 0.243 e. The van der Waals surface area contributed by atoms with Gasteiger partial charge < -0.3 is 5.32 Å². The van der Waals surface area contributed by atoms with Crippen LogP contribution in [-0.4, -0.2) is 32.7 Å². The van der Waals surface area contributed by atoms with Gasteiger partial charge >= 0.3 is 0 Å². The van der Waals surface area contributed by atoms with Crippen LogP contribution < -0.4 is 9.62 Å². The lowest BCUT2D eigenvalue weighted by Crippen LogP contribution is -2.50. The highest BCUT2D eigenvalue weighted by molar-refractivity contribution is 7.92. The SMILES string of the molecule is CCC(CC)NC(=O)C(C)N(c1ccc(F)cc1)S(C)(=O)=O. The molecule has 5 nitrogen and oxygen atoms in total. The van der Waals surface area contributed by atoms with E-state index in [-0.39, 0.29) is 17.6 Å². The Labute approximate surface area is 131 Å². The lowest BCUT2D eigenvalue weighted by molar-refractivity contribution is -0.122. The van der Waals surface area contributed by atoms with Gasteiger partial charge in [-0.05, 0) is 44.0 Å². The summed E-state index contributed by atoms with van der Waals surface area (Å²) < 4.78 is 38.1. The molecule has 0 saturated carbocycles. The average Bonchev–Trinajstić information content (AvgIpc) is 2.45. The summed E-state index contributed by atoms with van der Waals surface area (Å²) in [7, 11) is -3.67. The molecule has 0 heterocycles. The van der Waals surface area contributed by atoms with Crippen molar-refractivity contribution in [3.05, 3.63) is 30.1 Å². The minimum Gasteiger partial charge on any atom is -0.352 e. The number of hydrogen-bond donors (Lipinski definition) is 1. The van der Waals surface area contributed by atoms with Gasteiger partial charge in [0.25, 0.3) is 0 Å². The summed E-state index contributed by atoms with van der Waals surface area (Å²) >= 11 is 0. The van der Waals surface area contributed by atoms with Gasteiger partial charge in [0.1, 0.15) is 11.9 Å². The molecule has 1 unspecified atom stereocenters. The third kappa shape index (κ3) is 4.69. The van der Waals surface area contributed by atoms with Crippen LogP contribution in [0.4, 0.5) is 10.1 Å². The van der Waals surface area contributed by atoms with E-state index in [1.54, 1.807) is 0 Å². The molecule has 0 bridgehead atoms. The van der Waals surface area contributed by atoms with Crippen LogP contribution in [-0.2, 0) is 14.8 Å². The van der Waals surface area contributed by atoms with Gasteiger partial charge in [-0.15, -0.1) is 0 Å². The molecule has 0 saturated heterocycles.